The molecule has 3 aliphatic heterocycles. The number of aryl methyl sites for hydroxylation is 1. The van der Waals surface area contributed by atoms with Gasteiger partial charge in [-0.15, -0.1) is 10.2 Å². The average Bonchev–Trinajstić information content (AvgIpc) is 4.19. The van der Waals surface area contributed by atoms with Crippen LogP contribution in [0.1, 0.15) is 66.1 Å². The van der Waals surface area contributed by atoms with Crippen LogP contribution < -0.4 is 20.5 Å². The van der Waals surface area contributed by atoms with E-state index in [0.717, 1.165) is 5.56 Å². The molecule has 0 radical (unpaired) electrons. The molecule has 0 unspecified atom stereocenters. The first-order valence-electron chi connectivity index (χ1n) is 26.2. The standard InChI is InChI=1S/C55H58N14O11/c1-3-32(2)49(69-31-35(60-63-69)7-15-47(74)75)51(77)65-19-23-67(24-20-65)55-58-53(56-34-6-12-40(43(27-34)52(78)79)48-41-13-10-38(72)28-45(41)80-46-29-39(73)11-14-42(46)48)57-54(59-55)66-21-17-64(18-22-66)50(76)44(26-33-4-8-37(71)9-5-33)68-30-36(16-25-70)61-62-68/h4-6,8-14,27-32,44,49,70-72H,3,7,15-26H2,1-2H3,(H,74,75)(H,78,79)(H,56,57,58,59)/t32-,44-,49-/m0/s1. The van der Waals surface area contributed by atoms with Crippen molar-refractivity contribution in [3.05, 3.63) is 124 Å². The SMILES string of the molecule is CC[C@H](C)[C@@H](C(=O)N1CCN(c2nc(Nc3ccc(-c4c5ccc(=O)cc-5oc5cc(O)ccc45)c(C(=O)O)c3)nc(N3CCN(C(=O)[C@H](Cc4ccc(O)cc4)n4cc(CCO)nn4)CC3)n2)CC1)n1cc(CCC(=O)O)nn1. The van der Waals surface area contributed by atoms with Gasteiger partial charge in [-0.25, -0.2) is 14.2 Å². The Morgan fingerprint density at radius 3 is 1.98 bits per heavy atom. The van der Waals surface area contributed by atoms with Crippen molar-refractivity contribution in [2.45, 2.75) is 58.0 Å². The number of nitrogens with zero attached hydrogens (tertiary/aromatic N) is 13. The van der Waals surface area contributed by atoms with Crippen LogP contribution in [-0.2, 0) is 33.6 Å². The molecule has 25 heteroatoms. The van der Waals surface area contributed by atoms with E-state index in [0.29, 0.717) is 84.8 Å². The molecule has 6 N–H and O–H groups in total. The van der Waals surface area contributed by atoms with E-state index in [4.69, 9.17) is 19.4 Å². The largest absolute Gasteiger partial charge is 0.508 e. The Balaban J connectivity index is 0.941. The number of amides is 2. The average molecular weight is 1090 g/mol. The molecule has 80 heavy (non-hydrogen) atoms. The van der Waals surface area contributed by atoms with Gasteiger partial charge in [0.15, 0.2) is 5.43 Å². The van der Waals surface area contributed by atoms with Crippen molar-refractivity contribution in [3.8, 4) is 33.9 Å². The molecule has 2 amide bonds. The number of nitrogens with one attached hydrogen (secondary N) is 1. The second kappa shape index (κ2) is 23.2. The number of aromatic nitrogens is 9. The number of carbonyl (C=O) groups excluding carboxylic acids is 2. The Morgan fingerprint density at radius 1 is 0.700 bits per heavy atom. The predicted molar refractivity (Wildman–Crippen MR) is 290 cm³/mol. The summed E-state index contributed by atoms with van der Waals surface area (Å²) >= 11 is 0. The van der Waals surface area contributed by atoms with Crippen molar-refractivity contribution in [1.29, 1.82) is 0 Å². The van der Waals surface area contributed by atoms with Crippen LogP contribution in [0.5, 0.6) is 11.5 Å². The van der Waals surface area contributed by atoms with Crippen LogP contribution in [0.15, 0.2) is 100 Å². The molecular formula is C55H58N14O11. The number of carbonyl (C=O) groups is 4. The fourth-order valence-electron chi connectivity index (χ4n) is 10.1. The van der Waals surface area contributed by atoms with E-state index in [2.05, 4.69) is 25.9 Å². The number of carboxylic acid groups (broad SMARTS) is 2. The van der Waals surface area contributed by atoms with Crippen LogP contribution in [0.25, 0.3) is 33.4 Å². The Morgan fingerprint density at radius 2 is 1.32 bits per heavy atom. The zero-order valence-corrected chi connectivity index (χ0v) is 43.8. The van der Waals surface area contributed by atoms with Gasteiger partial charge in [-0.3, -0.25) is 19.2 Å². The van der Waals surface area contributed by atoms with Crippen LogP contribution in [0.3, 0.4) is 0 Å². The number of phenolic OH excluding ortho intramolecular Hbond substituents is 2. The summed E-state index contributed by atoms with van der Waals surface area (Å²) in [6.07, 6.45) is 4.54. The number of hydrogen-bond donors (Lipinski definition) is 6. The number of aromatic hydroxyl groups is 2. The van der Waals surface area contributed by atoms with Gasteiger partial charge in [-0.1, -0.05) is 48.9 Å². The normalized spacial score (nSPS) is 15.0. The molecule has 3 aromatic carbocycles. The van der Waals surface area contributed by atoms with Gasteiger partial charge in [-0.2, -0.15) is 15.0 Å². The molecule has 414 valence electrons. The molecule has 3 aromatic heterocycles. The van der Waals surface area contributed by atoms with Gasteiger partial charge in [0.1, 0.15) is 34.9 Å². The number of aliphatic carboxylic acids is 1. The molecule has 3 atom stereocenters. The summed E-state index contributed by atoms with van der Waals surface area (Å²) in [4.78, 5) is 87.8. The number of aliphatic hydroxyl groups is 1. The minimum absolute atomic E-state index is 0.0818. The smallest absolute Gasteiger partial charge is 0.336 e. The fourth-order valence-corrected chi connectivity index (χ4v) is 10.1. The highest BCUT2D eigenvalue weighted by Crippen LogP contribution is 2.43. The highest BCUT2D eigenvalue weighted by atomic mass is 16.4. The molecule has 2 fully saturated rings. The molecule has 0 spiro atoms. The molecule has 4 aliphatic rings. The zero-order chi connectivity index (χ0) is 56.2. The number of aromatic carboxylic acids is 1. The summed E-state index contributed by atoms with van der Waals surface area (Å²) in [5.41, 5.74) is 3.21. The summed E-state index contributed by atoms with van der Waals surface area (Å²) < 4.78 is 9.06. The summed E-state index contributed by atoms with van der Waals surface area (Å²) in [6.45, 7) is 6.21. The highest BCUT2D eigenvalue weighted by molar-refractivity contribution is 6.08. The third kappa shape index (κ3) is 11.7. The van der Waals surface area contributed by atoms with E-state index < -0.39 is 24.0 Å². The molecule has 10 rings (SSSR count). The summed E-state index contributed by atoms with van der Waals surface area (Å²) in [7, 11) is 0. The van der Waals surface area contributed by atoms with Gasteiger partial charge < -0.3 is 54.9 Å². The maximum atomic E-state index is 14.5. The number of phenols is 2. The van der Waals surface area contributed by atoms with Gasteiger partial charge in [-0.05, 0) is 65.6 Å². The molecule has 25 nitrogen and oxygen atoms in total. The number of fused-ring (bicyclic) bond motifs is 2. The number of aliphatic hydroxyl groups excluding tert-OH is 1. The van der Waals surface area contributed by atoms with Gasteiger partial charge in [0.25, 0.3) is 0 Å². The molecule has 6 heterocycles. The maximum absolute atomic E-state index is 14.5. The zero-order valence-electron chi connectivity index (χ0n) is 43.8. The first kappa shape index (κ1) is 53.9. The van der Waals surface area contributed by atoms with E-state index in [9.17, 15) is 49.5 Å². The first-order chi connectivity index (χ1) is 38.6. The van der Waals surface area contributed by atoms with Gasteiger partial charge >= 0.3 is 11.9 Å². The number of hydrogen-bond acceptors (Lipinski definition) is 19. The van der Waals surface area contributed by atoms with E-state index in [-0.39, 0.29) is 115 Å². The van der Waals surface area contributed by atoms with Crippen molar-refractivity contribution in [3.63, 3.8) is 0 Å². The lowest BCUT2D eigenvalue weighted by Crippen LogP contribution is -2.52. The van der Waals surface area contributed by atoms with Crippen LogP contribution in [0.2, 0.25) is 0 Å². The van der Waals surface area contributed by atoms with Gasteiger partial charge in [0.05, 0.1) is 23.4 Å². The van der Waals surface area contributed by atoms with E-state index in [1.165, 1.54) is 39.7 Å². The second-order valence-corrected chi connectivity index (χ2v) is 19.9. The molecule has 0 saturated carbocycles. The van der Waals surface area contributed by atoms with Crippen LogP contribution >= 0.6 is 0 Å². The molecule has 0 bridgehead atoms. The van der Waals surface area contributed by atoms with Crippen molar-refractivity contribution in [2.24, 2.45) is 5.92 Å². The highest BCUT2D eigenvalue weighted by Gasteiger charge is 2.35. The Labute approximate surface area is 456 Å². The fraction of sp³-hybridized carbons (Fsp3) is 0.345. The molecular weight excluding hydrogens is 1030 g/mol. The predicted octanol–water partition coefficient (Wildman–Crippen LogP) is 4.41. The van der Waals surface area contributed by atoms with E-state index >= 15 is 0 Å². The van der Waals surface area contributed by atoms with Crippen LogP contribution in [-0.4, -0.2) is 163 Å². The van der Waals surface area contributed by atoms with Crippen molar-refractivity contribution >= 4 is 58.3 Å². The maximum Gasteiger partial charge on any atom is 0.336 e. The summed E-state index contributed by atoms with van der Waals surface area (Å²) in [5.74, 6) is -1.85. The lowest BCUT2D eigenvalue weighted by atomic mass is 9.90. The van der Waals surface area contributed by atoms with Gasteiger partial charge in [0.2, 0.25) is 29.7 Å². The van der Waals surface area contributed by atoms with E-state index in [1.54, 1.807) is 70.7 Å². The Hall–Kier alpha value is -9.52. The van der Waals surface area contributed by atoms with Crippen molar-refractivity contribution in [2.75, 3.05) is 74.1 Å². The molecule has 1 aliphatic carbocycles. The van der Waals surface area contributed by atoms with Crippen molar-refractivity contribution in [1.82, 2.24) is 54.7 Å². The number of piperazine rings is 2. The summed E-state index contributed by atoms with van der Waals surface area (Å²) in [5, 5.41) is 70.4. The topological polar surface area (TPSA) is 325 Å². The lowest BCUT2D eigenvalue weighted by Gasteiger charge is -2.38. The number of anilines is 4. The first-order valence-corrected chi connectivity index (χ1v) is 26.2. The molecule has 6 aromatic rings. The molecule has 2 saturated heterocycles. The lowest BCUT2D eigenvalue weighted by molar-refractivity contribution is -0.138. The van der Waals surface area contributed by atoms with Crippen LogP contribution in [0, 0.1) is 5.92 Å². The minimum atomic E-state index is -1.25. The summed E-state index contributed by atoms with van der Waals surface area (Å²) in [6, 6.07) is 18.6. The second-order valence-electron chi connectivity index (χ2n) is 19.9. The van der Waals surface area contributed by atoms with Gasteiger partial charge in [0, 0.05) is 125 Å². The number of benzene rings is 4. The third-order valence-electron chi connectivity index (χ3n) is 14.6. The Bertz CT molecular complexity index is 3610. The Kier molecular flexibility index (Phi) is 15.6. The minimum Gasteiger partial charge on any atom is -0.508 e. The van der Waals surface area contributed by atoms with Crippen LogP contribution in [0.4, 0.5) is 23.5 Å². The van der Waals surface area contributed by atoms with Crippen molar-refractivity contribution < 1.29 is 49.1 Å². The quantitative estimate of drug-likeness (QED) is 0.0611. The monoisotopic (exact) mass is 1090 g/mol. The number of carboxylic acids is 2. The third-order valence-corrected chi connectivity index (χ3v) is 14.6. The van der Waals surface area contributed by atoms with E-state index in [1.807, 2.05) is 23.6 Å². The number of rotatable bonds is 19.